The Morgan fingerprint density at radius 3 is 2.82 bits per heavy atom. The van der Waals surface area contributed by atoms with Gasteiger partial charge in [0.15, 0.2) is 0 Å². The predicted molar refractivity (Wildman–Crippen MR) is 85.4 cm³/mol. The quantitative estimate of drug-likeness (QED) is 0.565. The summed E-state index contributed by atoms with van der Waals surface area (Å²) in [5, 5.41) is 11.2. The van der Waals surface area contributed by atoms with E-state index in [9.17, 15) is 4.79 Å². The Morgan fingerprint density at radius 1 is 1.23 bits per heavy atom. The third kappa shape index (κ3) is 5.48. The van der Waals surface area contributed by atoms with Crippen molar-refractivity contribution in [3.8, 4) is 11.5 Å². The van der Waals surface area contributed by atoms with Gasteiger partial charge in [-0.1, -0.05) is 37.9 Å². The van der Waals surface area contributed by atoms with E-state index in [2.05, 4.69) is 27.4 Å². The lowest BCUT2D eigenvalue weighted by Gasteiger charge is -2.03. The van der Waals surface area contributed by atoms with E-state index in [4.69, 9.17) is 4.42 Å². The van der Waals surface area contributed by atoms with Crippen LogP contribution in [0.15, 0.2) is 34.2 Å². The fourth-order valence-corrected chi connectivity index (χ4v) is 2.43. The summed E-state index contributed by atoms with van der Waals surface area (Å²) in [7, 11) is 0. The summed E-state index contributed by atoms with van der Waals surface area (Å²) in [6.07, 6.45) is 7.92. The zero-order valence-corrected chi connectivity index (χ0v) is 13.4. The number of nitrogens with zero attached hydrogens (tertiary/aromatic N) is 3. The maximum Gasteiger partial charge on any atom is 0.277 e. The Kier molecular flexibility index (Phi) is 6.89. The number of unbranched alkanes of at least 4 members (excludes halogenated alkanes) is 3. The molecule has 0 bridgehead atoms. The van der Waals surface area contributed by atoms with E-state index in [0.717, 1.165) is 24.9 Å². The molecule has 0 fully saturated rings. The first-order chi connectivity index (χ1) is 10.8. The Hall–Kier alpha value is -1.89. The number of pyridine rings is 1. The van der Waals surface area contributed by atoms with E-state index in [1.807, 2.05) is 0 Å². The molecule has 2 heterocycles. The van der Waals surface area contributed by atoms with Gasteiger partial charge in [-0.05, 0) is 18.6 Å². The van der Waals surface area contributed by atoms with Crippen molar-refractivity contribution in [2.24, 2.45) is 0 Å². The average Bonchev–Trinajstić information content (AvgIpc) is 3.02. The highest BCUT2D eigenvalue weighted by atomic mass is 32.2. The van der Waals surface area contributed by atoms with Crippen LogP contribution in [0.3, 0.4) is 0 Å². The smallest absolute Gasteiger partial charge is 0.277 e. The molecule has 0 aliphatic rings. The molecule has 1 N–H and O–H groups in total. The Balaban J connectivity index is 1.71. The van der Waals surface area contributed by atoms with E-state index in [0.29, 0.717) is 11.1 Å². The van der Waals surface area contributed by atoms with Crippen molar-refractivity contribution in [2.75, 3.05) is 12.3 Å². The molecule has 0 aromatic carbocycles. The maximum atomic E-state index is 11.7. The van der Waals surface area contributed by atoms with E-state index in [-0.39, 0.29) is 11.7 Å². The molecule has 0 aliphatic carbocycles. The van der Waals surface area contributed by atoms with Crippen molar-refractivity contribution in [1.82, 2.24) is 20.5 Å². The van der Waals surface area contributed by atoms with Gasteiger partial charge in [-0.15, -0.1) is 10.2 Å². The first-order valence-electron chi connectivity index (χ1n) is 7.43. The van der Waals surface area contributed by atoms with Crippen molar-refractivity contribution in [1.29, 1.82) is 0 Å². The lowest BCUT2D eigenvalue weighted by Crippen LogP contribution is -2.26. The number of hydrogen-bond acceptors (Lipinski definition) is 6. The fraction of sp³-hybridized carbons (Fsp3) is 0.467. The predicted octanol–water partition coefficient (Wildman–Crippen LogP) is 2.92. The lowest BCUT2D eigenvalue weighted by molar-refractivity contribution is -0.118. The summed E-state index contributed by atoms with van der Waals surface area (Å²) in [5.74, 6) is 0.709. The summed E-state index contributed by atoms with van der Waals surface area (Å²) in [4.78, 5) is 15.6. The van der Waals surface area contributed by atoms with Crippen molar-refractivity contribution < 1.29 is 9.21 Å². The molecule has 0 radical (unpaired) electrons. The highest BCUT2D eigenvalue weighted by Gasteiger charge is 2.10. The van der Waals surface area contributed by atoms with Crippen LogP contribution in [0, 0.1) is 0 Å². The number of thioether (sulfide) groups is 1. The molecule has 0 atom stereocenters. The second kappa shape index (κ2) is 9.19. The summed E-state index contributed by atoms with van der Waals surface area (Å²) in [6, 6.07) is 3.59. The monoisotopic (exact) mass is 320 g/mol. The largest absolute Gasteiger partial charge is 0.411 e. The van der Waals surface area contributed by atoms with Crippen LogP contribution in [-0.2, 0) is 4.79 Å². The fourth-order valence-electron chi connectivity index (χ4n) is 1.84. The van der Waals surface area contributed by atoms with Crippen LogP contribution in [0.5, 0.6) is 0 Å². The maximum absolute atomic E-state index is 11.7. The van der Waals surface area contributed by atoms with Gasteiger partial charge in [-0.3, -0.25) is 9.78 Å². The van der Waals surface area contributed by atoms with Crippen molar-refractivity contribution >= 4 is 17.7 Å². The summed E-state index contributed by atoms with van der Waals surface area (Å²) < 4.78 is 5.51. The van der Waals surface area contributed by atoms with Crippen LogP contribution in [0.25, 0.3) is 11.5 Å². The molecule has 7 heteroatoms. The van der Waals surface area contributed by atoms with Gasteiger partial charge in [0.1, 0.15) is 0 Å². The number of carbonyl (C=O) groups excluding carboxylic acids is 1. The minimum Gasteiger partial charge on any atom is -0.411 e. The standard InChI is InChI=1S/C15H20N4O2S/c1-2-3-4-5-8-17-13(20)11-22-15-19-18-14(21-15)12-6-9-16-10-7-12/h6-7,9-10H,2-5,8,11H2,1H3,(H,17,20). The molecular weight excluding hydrogens is 300 g/mol. The van der Waals surface area contributed by atoms with Gasteiger partial charge in [0, 0.05) is 24.5 Å². The van der Waals surface area contributed by atoms with E-state index in [1.54, 1.807) is 24.5 Å². The van der Waals surface area contributed by atoms with Crippen molar-refractivity contribution in [2.45, 2.75) is 37.8 Å². The summed E-state index contributed by atoms with van der Waals surface area (Å²) in [5.41, 5.74) is 0.815. The average molecular weight is 320 g/mol. The number of hydrogen-bond donors (Lipinski definition) is 1. The topological polar surface area (TPSA) is 80.9 Å². The minimum atomic E-state index is -0.00911. The van der Waals surface area contributed by atoms with Gasteiger partial charge in [0.2, 0.25) is 11.8 Å². The Morgan fingerprint density at radius 2 is 2.05 bits per heavy atom. The van der Waals surface area contributed by atoms with Gasteiger partial charge in [0.25, 0.3) is 5.22 Å². The van der Waals surface area contributed by atoms with Crippen molar-refractivity contribution in [3.05, 3.63) is 24.5 Å². The van der Waals surface area contributed by atoms with Crippen LogP contribution in [0.1, 0.15) is 32.6 Å². The number of carbonyl (C=O) groups is 1. The summed E-state index contributed by atoms with van der Waals surface area (Å²) in [6.45, 7) is 2.89. The Labute approximate surface area is 134 Å². The molecule has 0 aliphatic heterocycles. The first kappa shape index (κ1) is 16.5. The molecule has 22 heavy (non-hydrogen) atoms. The van der Waals surface area contributed by atoms with Crippen LogP contribution in [0.4, 0.5) is 0 Å². The number of nitrogens with one attached hydrogen (secondary N) is 1. The molecule has 2 aromatic heterocycles. The number of rotatable bonds is 9. The van der Waals surface area contributed by atoms with Crippen LogP contribution >= 0.6 is 11.8 Å². The van der Waals surface area contributed by atoms with E-state index >= 15 is 0 Å². The molecule has 0 saturated carbocycles. The van der Waals surface area contributed by atoms with Gasteiger partial charge in [0.05, 0.1) is 5.75 Å². The summed E-state index contributed by atoms with van der Waals surface area (Å²) >= 11 is 1.24. The highest BCUT2D eigenvalue weighted by Crippen LogP contribution is 2.22. The van der Waals surface area contributed by atoms with Crippen LogP contribution < -0.4 is 5.32 Å². The number of amides is 1. The second-order valence-electron chi connectivity index (χ2n) is 4.81. The zero-order valence-electron chi connectivity index (χ0n) is 12.6. The van der Waals surface area contributed by atoms with E-state index in [1.165, 1.54) is 24.6 Å². The van der Waals surface area contributed by atoms with Gasteiger partial charge in [-0.2, -0.15) is 0 Å². The van der Waals surface area contributed by atoms with Crippen LogP contribution in [-0.4, -0.2) is 33.4 Å². The van der Waals surface area contributed by atoms with E-state index < -0.39 is 0 Å². The van der Waals surface area contributed by atoms with Gasteiger partial charge >= 0.3 is 0 Å². The molecule has 2 rings (SSSR count). The SMILES string of the molecule is CCCCCCNC(=O)CSc1nnc(-c2ccncc2)o1. The normalized spacial score (nSPS) is 10.6. The molecular formula is C15H20N4O2S. The third-order valence-electron chi connectivity index (χ3n) is 3.01. The molecule has 118 valence electrons. The molecule has 0 unspecified atom stereocenters. The first-order valence-corrected chi connectivity index (χ1v) is 8.41. The molecule has 2 aromatic rings. The zero-order chi connectivity index (χ0) is 15.6. The van der Waals surface area contributed by atoms with Crippen molar-refractivity contribution in [3.63, 3.8) is 0 Å². The lowest BCUT2D eigenvalue weighted by atomic mass is 10.2. The third-order valence-corrected chi connectivity index (χ3v) is 3.83. The molecule has 1 amide bonds. The van der Waals surface area contributed by atoms with Gasteiger partial charge in [-0.25, -0.2) is 0 Å². The number of aromatic nitrogens is 3. The Bertz CT molecular complexity index is 574. The minimum absolute atomic E-state index is 0.00911. The molecule has 6 nitrogen and oxygen atoms in total. The molecule has 0 saturated heterocycles. The van der Waals surface area contributed by atoms with Gasteiger partial charge < -0.3 is 9.73 Å². The second-order valence-corrected chi connectivity index (χ2v) is 5.73. The highest BCUT2D eigenvalue weighted by molar-refractivity contribution is 7.99. The van der Waals surface area contributed by atoms with Crippen LogP contribution in [0.2, 0.25) is 0 Å². The molecule has 0 spiro atoms.